The van der Waals surface area contributed by atoms with Crippen molar-refractivity contribution in [2.45, 2.75) is 33.2 Å². The van der Waals surface area contributed by atoms with E-state index < -0.39 is 5.82 Å². The summed E-state index contributed by atoms with van der Waals surface area (Å²) in [5.41, 5.74) is 0.675. The minimum atomic E-state index is -0.438. The highest BCUT2D eigenvalue weighted by atomic mass is 32.1. The number of thiazole rings is 1. The Bertz CT molecular complexity index is 733. The molecule has 0 saturated heterocycles. The van der Waals surface area contributed by atoms with E-state index in [0.29, 0.717) is 35.9 Å². The molecule has 0 aliphatic rings. The molecule has 0 fully saturated rings. The molecule has 1 heterocycles. The lowest BCUT2D eigenvalue weighted by molar-refractivity contribution is 0.0742. The van der Waals surface area contributed by atoms with E-state index in [1.807, 2.05) is 13.8 Å². The zero-order valence-corrected chi connectivity index (χ0v) is 15.2. The topological polar surface area (TPSA) is 62.3 Å². The molecule has 0 unspecified atom stereocenters. The van der Waals surface area contributed by atoms with Gasteiger partial charge in [0.05, 0.1) is 6.54 Å². The number of nitrogens with one attached hydrogen (secondary N) is 1. The van der Waals surface area contributed by atoms with Crippen molar-refractivity contribution in [2.24, 2.45) is 0 Å². The normalized spacial score (nSPS) is 10.5. The summed E-state index contributed by atoms with van der Waals surface area (Å²) in [6, 6.07) is 5.66. The van der Waals surface area contributed by atoms with Gasteiger partial charge in [0.15, 0.2) is 0 Å². The lowest BCUT2D eigenvalue weighted by Gasteiger charge is -2.21. The van der Waals surface area contributed by atoms with Crippen LogP contribution in [0.2, 0.25) is 0 Å². The summed E-state index contributed by atoms with van der Waals surface area (Å²) < 4.78 is 13.4. The molecule has 5 nitrogen and oxygen atoms in total. The smallest absolute Gasteiger partial charge is 0.270 e. The van der Waals surface area contributed by atoms with Crippen LogP contribution in [0.5, 0.6) is 0 Å². The Balaban J connectivity index is 2.10. The van der Waals surface area contributed by atoms with Crippen LogP contribution < -0.4 is 5.32 Å². The molecule has 25 heavy (non-hydrogen) atoms. The Morgan fingerprint density at radius 2 is 2.08 bits per heavy atom. The molecule has 0 bridgehead atoms. The Morgan fingerprint density at radius 3 is 2.76 bits per heavy atom. The van der Waals surface area contributed by atoms with Crippen LogP contribution in [0.1, 0.15) is 52.5 Å². The number of carbonyl (C=O) groups is 2. The standard InChI is InChI=1S/C18H22FN3O2S/c1-3-8-20-17(23)15-12-25-16(21-15)11-22(9-4-2)18(24)13-6-5-7-14(19)10-13/h5-7,10,12H,3-4,8-9,11H2,1-2H3,(H,20,23). The number of amides is 2. The van der Waals surface area contributed by atoms with Crippen LogP contribution in [0.25, 0.3) is 0 Å². The highest BCUT2D eigenvalue weighted by Crippen LogP contribution is 2.16. The van der Waals surface area contributed by atoms with Crippen LogP contribution in [0.3, 0.4) is 0 Å². The number of hydrogen-bond acceptors (Lipinski definition) is 4. The molecule has 2 aromatic rings. The monoisotopic (exact) mass is 363 g/mol. The van der Waals surface area contributed by atoms with Crippen molar-refractivity contribution in [2.75, 3.05) is 13.1 Å². The van der Waals surface area contributed by atoms with Gasteiger partial charge < -0.3 is 10.2 Å². The van der Waals surface area contributed by atoms with Crippen LogP contribution in [-0.2, 0) is 6.54 Å². The lowest BCUT2D eigenvalue weighted by Crippen LogP contribution is -2.31. The van der Waals surface area contributed by atoms with E-state index in [9.17, 15) is 14.0 Å². The third-order valence-electron chi connectivity index (χ3n) is 3.50. The molecule has 0 aliphatic carbocycles. The van der Waals surface area contributed by atoms with E-state index in [4.69, 9.17) is 0 Å². The maximum absolute atomic E-state index is 13.4. The summed E-state index contributed by atoms with van der Waals surface area (Å²) in [7, 11) is 0. The Labute approximate surface area is 150 Å². The van der Waals surface area contributed by atoms with Crippen LogP contribution in [0, 0.1) is 5.82 Å². The fraction of sp³-hybridized carbons (Fsp3) is 0.389. The van der Waals surface area contributed by atoms with Gasteiger partial charge in [0.25, 0.3) is 11.8 Å². The quantitative estimate of drug-likeness (QED) is 0.781. The molecule has 1 aromatic heterocycles. The van der Waals surface area contributed by atoms with Crippen molar-refractivity contribution in [3.05, 3.63) is 51.7 Å². The largest absolute Gasteiger partial charge is 0.351 e. The first-order valence-corrected chi connectivity index (χ1v) is 9.20. The lowest BCUT2D eigenvalue weighted by atomic mass is 10.2. The molecule has 1 N–H and O–H groups in total. The molecule has 0 atom stereocenters. The molecule has 2 rings (SSSR count). The second-order valence-corrected chi connectivity index (χ2v) is 6.56. The van der Waals surface area contributed by atoms with Gasteiger partial charge in [-0.3, -0.25) is 9.59 Å². The minimum Gasteiger partial charge on any atom is -0.351 e. The molecular weight excluding hydrogens is 341 g/mol. The number of benzene rings is 1. The fourth-order valence-electron chi connectivity index (χ4n) is 2.31. The summed E-state index contributed by atoms with van der Waals surface area (Å²) in [5, 5.41) is 5.15. The van der Waals surface area contributed by atoms with Crippen molar-refractivity contribution in [3.8, 4) is 0 Å². The second kappa shape index (κ2) is 9.27. The molecular formula is C18H22FN3O2S. The SMILES string of the molecule is CCCNC(=O)c1csc(CN(CCC)C(=O)c2cccc(F)c2)n1. The van der Waals surface area contributed by atoms with Gasteiger partial charge in [0.2, 0.25) is 0 Å². The first-order valence-electron chi connectivity index (χ1n) is 8.32. The van der Waals surface area contributed by atoms with E-state index in [-0.39, 0.29) is 11.8 Å². The van der Waals surface area contributed by atoms with E-state index in [0.717, 1.165) is 12.8 Å². The molecule has 2 amide bonds. The number of halogens is 1. The third kappa shape index (κ3) is 5.35. The molecule has 134 valence electrons. The van der Waals surface area contributed by atoms with E-state index in [1.54, 1.807) is 16.3 Å². The van der Waals surface area contributed by atoms with E-state index >= 15 is 0 Å². The zero-order chi connectivity index (χ0) is 18.2. The van der Waals surface area contributed by atoms with Crippen molar-refractivity contribution in [1.29, 1.82) is 0 Å². The summed E-state index contributed by atoms with van der Waals surface area (Å²) >= 11 is 1.34. The highest BCUT2D eigenvalue weighted by Gasteiger charge is 2.18. The number of nitrogens with zero attached hydrogens (tertiary/aromatic N) is 2. The van der Waals surface area contributed by atoms with Crippen LogP contribution in [0.15, 0.2) is 29.6 Å². The summed E-state index contributed by atoms with van der Waals surface area (Å²) in [6.07, 6.45) is 1.63. The number of carbonyl (C=O) groups excluding carboxylic acids is 2. The Morgan fingerprint density at radius 1 is 1.28 bits per heavy atom. The van der Waals surface area contributed by atoms with Gasteiger partial charge in [-0.25, -0.2) is 9.37 Å². The molecule has 0 aliphatic heterocycles. The van der Waals surface area contributed by atoms with Crippen molar-refractivity contribution >= 4 is 23.2 Å². The van der Waals surface area contributed by atoms with Gasteiger partial charge in [-0.1, -0.05) is 19.9 Å². The van der Waals surface area contributed by atoms with Crippen molar-refractivity contribution in [3.63, 3.8) is 0 Å². The predicted molar refractivity (Wildman–Crippen MR) is 96.2 cm³/mol. The summed E-state index contributed by atoms with van der Waals surface area (Å²) in [5.74, 6) is -0.886. The summed E-state index contributed by atoms with van der Waals surface area (Å²) in [6.45, 7) is 5.39. The maximum atomic E-state index is 13.4. The van der Waals surface area contributed by atoms with Gasteiger partial charge in [-0.15, -0.1) is 11.3 Å². The zero-order valence-electron chi connectivity index (χ0n) is 14.4. The highest BCUT2D eigenvalue weighted by molar-refractivity contribution is 7.09. The fourth-order valence-corrected chi connectivity index (χ4v) is 3.10. The van der Waals surface area contributed by atoms with Gasteiger partial charge in [-0.2, -0.15) is 0 Å². The number of hydrogen-bond donors (Lipinski definition) is 1. The van der Waals surface area contributed by atoms with Crippen molar-refractivity contribution < 1.29 is 14.0 Å². The van der Waals surface area contributed by atoms with Crippen LogP contribution >= 0.6 is 11.3 Å². The predicted octanol–water partition coefficient (Wildman–Crippen LogP) is 3.47. The summed E-state index contributed by atoms with van der Waals surface area (Å²) in [4.78, 5) is 30.5. The number of aromatic nitrogens is 1. The first kappa shape index (κ1) is 19.1. The minimum absolute atomic E-state index is 0.206. The third-order valence-corrected chi connectivity index (χ3v) is 4.33. The molecule has 7 heteroatoms. The molecule has 1 aromatic carbocycles. The van der Waals surface area contributed by atoms with Gasteiger partial charge in [0, 0.05) is 24.0 Å². The van der Waals surface area contributed by atoms with Gasteiger partial charge in [-0.05, 0) is 31.0 Å². The van der Waals surface area contributed by atoms with Gasteiger partial charge in [0.1, 0.15) is 16.5 Å². The first-order chi connectivity index (χ1) is 12.0. The van der Waals surface area contributed by atoms with Crippen LogP contribution in [-0.4, -0.2) is 34.8 Å². The van der Waals surface area contributed by atoms with Crippen LogP contribution in [0.4, 0.5) is 4.39 Å². The molecule has 0 saturated carbocycles. The van der Waals surface area contributed by atoms with Crippen molar-refractivity contribution in [1.82, 2.24) is 15.2 Å². The second-order valence-electron chi connectivity index (χ2n) is 5.62. The van der Waals surface area contributed by atoms with E-state index in [2.05, 4.69) is 10.3 Å². The maximum Gasteiger partial charge on any atom is 0.270 e. The van der Waals surface area contributed by atoms with Gasteiger partial charge >= 0.3 is 0 Å². The number of rotatable bonds is 8. The molecule has 0 radical (unpaired) electrons. The van der Waals surface area contributed by atoms with E-state index in [1.165, 1.54) is 29.5 Å². The Kier molecular flexibility index (Phi) is 7.06. The molecule has 0 spiro atoms. The Hall–Kier alpha value is -2.28. The average Bonchev–Trinajstić information content (AvgIpc) is 3.07. The average molecular weight is 363 g/mol.